The molecule has 1 rings (SSSR count). The molecule has 1 aromatic carbocycles. The van der Waals surface area contributed by atoms with E-state index in [4.69, 9.17) is 10.2 Å². The molecule has 18 heavy (non-hydrogen) atoms. The van der Waals surface area contributed by atoms with Crippen LogP contribution in [0.1, 0.15) is 23.7 Å². The van der Waals surface area contributed by atoms with E-state index in [1.54, 1.807) is 0 Å². The van der Waals surface area contributed by atoms with E-state index in [9.17, 15) is 18.0 Å². The molecule has 0 saturated carbocycles. The molecule has 0 aliphatic rings. The number of aromatic hydroxyl groups is 2. The summed E-state index contributed by atoms with van der Waals surface area (Å²) in [6.07, 6.45) is -5.52. The Labute approximate surface area is 101 Å². The number of phenolic OH excluding ortho intramolecular Hbond substituents is 2. The molecule has 4 nitrogen and oxygen atoms in total. The third-order valence-electron chi connectivity index (χ3n) is 2.08. The molecule has 100 valence electrons. The third kappa shape index (κ3) is 4.52. The second-order valence-corrected chi connectivity index (χ2v) is 3.93. The molecule has 0 spiro atoms. The lowest BCUT2D eigenvalue weighted by Crippen LogP contribution is -2.35. The van der Waals surface area contributed by atoms with E-state index in [2.05, 4.69) is 5.32 Å². The average molecular weight is 263 g/mol. The van der Waals surface area contributed by atoms with Crippen molar-refractivity contribution >= 4 is 5.91 Å². The summed E-state index contributed by atoms with van der Waals surface area (Å²) in [5, 5.41) is 20.4. The highest BCUT2D eigenvalue weighted by Crippen LogP contribution is 2.23. The first-order valence-electron chi connectivity index (χ1n) is 5.08. The number of amides is 1. The Morgan fingerprint density at radius 3 is 2.22 bits per heavy atom. The number of carbonyl (C=O) groups excluding carboxylic acids is 1. The number of halogens is 3. The number of rotatable bonds is 3. The lowest BCUT2D eigenvalue weighted by Gasteiger charge is -2.15. The maximum atomic E-state index is 12.1. The molecule has 0 aromatic heterocycles. The molecule has 1 unspecified atom stereocenters. The van der Waals surface area contributed by atoms with E-state index in [1.165, 1.54) is 6.92 Å². The molecule has 1 amide bonds. The minimum atomic E-state index is -4.37. The van der Waals surface area contributed by atoms with E-state index in [0.717, 1.165) is 18.2 Å². The van der Waals surface area contributed by atoms with Gasteiger partial charge in [0.2, 0.25) is 0 Å². The maximum absolute atomic E-state index is 12.1. The van der Waals surface area contributed by atoms with Gasteiger partial charge in [0.1, 0.15) is 11.5 Å². The lowest BCUT2D eigenvalue weighted by atomic mass is 10.1. The molecule has 0 aliphatic heterocycles. The van der Waals surface area contributed by atoms with Crippen molar-refractivity contribution in [1.82, 2.24) is 5.32 Å². The second kappa shape index (κ2) is 5.16. The summed E-state index contributed by atoms with van der Waals surface area (Å²) >= 11 is 0. The van der Waals surface area contributed by atoms with Crippen LogP contribution >= 0.6 is 0 Å². The first-order valence-corrected chi connectivity index (χ1v) is 5.08. The van der Waals surface area contributed by atoms with Gasteiger partial charge in [-0.05, 0) is 19.1 Å². The van der Waals surface area contributed by atoms with Gasteiger partial charge in [0.25, 0.3) is 5.91 Å². The number of phenols is 2. The van der Waals surface area contributed by atoms with Crippen molar-refractivity contribution in [2.45, 2.75) is 25.6 Å². The Morgan fingerprint density at radius 2 is 1.78 bits per heavy atom. The van der Waals surface area contributed by atoms with Gasteiger partial charge in [0, 0.05) is 17.7 Å². The fourth-order valence-electron chi connectivity index (χ4n) is 1.43. The highest BCUT2D eigenvalue weighted by atomic mass is 19.4. The predicted octanol–water partition coefficient (Wildman–Crippen LogP) is 2.17. The van der Waals surface area contributed by atoms with Crippen LogP contribution in [-0.2, 0) is 0 Å². The lowest BCUT2D eigenvalue weighted by molar-refractivity contribution is -0.138. The Bertz CT molecular complexity index is 425. The van der Waals surface area contributed by atoms with Crippen molar-refractivity contribution < 1.29 is 28.2 Å². The SMILES string of the molecule is CC(CC(F)(F)F)NC(=O)c1cc(O)cc(O)c1. The number of nitrogens with one attached hydrogen (secondary N) is 1. The fraction of sp³-hybridized carbons (Fsp3) is 0.364. The van der Waals surface area contributed by atoms with Gasteiger partial charge in [0.05, 0.1) is 6.42 Å². The summed E-state index contributed by atoms with van der Waals surface area (Å²) in [6.45, 7) is 1.22. The Morgan fingerprint density at radius 1 is 1.28 bits per heavy atom. The van der Waals surface area contributed by atoms with Gasteiger partial charge >= 0.3 is 6.18 Å². The summed E-state index contributed by atoms with van der Waals surface area (Å²) in [5.74, 6) is -1.48. The van der Waals surface area contributed by atoms with Crippen molar-refractivity contribution in [2.24, 2.45) is 0 Å². The Kier molecular flexibility index (Phi) is 4.05. The van der Waals surface area contributed by atoms with E-state index >= 15 is 0 Å². The van der Waals surface area contributed by atoms with Gasteiger partial charge < -0.3 is 15.5 Å². The van der Waals surface area contributed by atoms with Crippen LogP contribution in [0.2, 0.25) is 0 Å². The molecular weight excluding hydrogens is 251 g/mol. The third-order valence-corrected chi connectivity index (χ3v) is 2.08. The van der Waals surface area contributed by atoms with Gasteiger partial charge in [-0.1, -0.05) is 0 Å². The quantitative estimate of drug-likeness (QED) is 0.782. The van der Waals surface area contributed by atoms with E-state index < -0.39 is 24.5 Å². The number of hydrogen-bond donors (Lipinski definition) is 3. The van der Waals surface area contributed by atoms with Crippen LogP contribution in [0.25, 0.3) is 0 Å². The molecule has 0 saturated heterocycles. The van der Waals surface area contributed by atoms with Crippen LogP contribution < -0.4 is 5.32 Å². The summed E-state index contributed by atoms with van der Waals surface area (Å²) in [4.78, 5) is 11.5. The molecule has 7 heteroatoms. The normalized spacial score (nSPS) is 13.1. The number of hydrogen-bond acceptors (Lipinski definition) is 3. The van der Waals surface area contributed by atoms with Crippen molar-refractivity contribution in [1.29, 1.82) is 0 Å². The van der Waals surface area contributed by atoms with Crippen LogP contribution in [0.4, 0.5) is 13.2 Å². The van der Waals surface area contributed by atoms with Crippen molar-refractivity contribution in [3.63, 3.8) is 0 Å². The molecular formula is C11H12F3NO3. The van der Waals surface area contributed by atoms with E-state index in [-0.39, 0.29) is 17.1 Å². The summed E-state index contributed by atoms with van der Waals surface area (Å²) in [6, 6.07) is 2.02. The molecule has 0 heterocycles. The largest absolute Gasteiger partial charge is 0.508 e. The molecule has 1 atom stereocenters. The van der Waals surface area contributed by atoms with Crippen LogP contribution in [0.3, 0.4) is 0 Å². The first kappa shape index (κ1) is 14.1. The monoisotopic (exact) mass is 263 g/mol. The minimum absolute atomic E-state index is 0.110. The standard InChI is InChI=1S/C11H12F3NO3/c1-6(5-11(12,13)14)15-10(18)7-2-8(16)4-9(17)3-7/h2-4,6,16-17H,5H2,1H3,(H,15,18). The van der Waals surface area contributed by atoms with Crippen LogP contribution in [0, 0.1) is 0 Å². The summed E-state index contributed by atoms with van der Waals surface area (Å²) in [5.41, 5.74) is -0.110. The van der Waals surface area contributed by atoms with E-state index in [1.807, 2.05) is 0 Å². The van der Waals surface area contributed by atoms with Crippen molar-refractivity contribution in [2.75, 3.05) is 0 Å². The number of carbonyl (C=O) groups is 1. The van der Waals surface area contributed by atoms with Gasteiger partial charge in [-0.15, -0.1) is 0 Å². The smallest absolute Gasteiger partial charge is 0.391 e. The maximum Gasteiger partial charge on any atom is 0.391 e. The molecule has 0 bridgehead atoms. The summed E-state index contributed by atoms with van der Waals surface area (Å²) < 4.78 is 36.2. The molecule has 0 aliphatic carbocycles. The van der Waals surface area contributed by atoms with E-state index in [0.29, 0.717) is 0 Å². The van der Waals surface area contributed by atoms with Crippen LogP contribution in [0.5, 0.6) is 11.5 Å². The van der Waals surface area contributed by atoms with Crippen molar-refractivity contribution in [3.8, 4) is 11.5 Å². The number of benzene rings is 1. The van der Waals surface area contributed by atoms with Gasteiger partial charge in [-0.3, -0.25) is 4.79 Å². The highest BCUT2D eigenvalue weighted by Gasteiger charge is 2.30. The molecule has 0 radical (unpaired) electrons. The number of alkyl halides is 3. The minimum Gasteiger partial charge on any atom is -0.508 e. The van der Waals surface area contributed by atoms with Crippen LogP contribution in [0.15, 0.2) is 18.2 Å². The first-order chi connectivity index (χ1) is 8.17. The molecule has 1 aromatic rings. The van der Waals surface area contributed by atoms with Gasteiger partial charge in [0.15, 0.2) is 0 Å². The zero-order valence-corrected chi connectivity index (χ0v) is 9.45. The average Bonchev–Trinajstić information content (AvgIpc) is 2.12. The Hall–Kier alpha value is -1.92. The zero-order valence-electron chi connectivity index (χ0n) is 9.45. The van der Waals surface area contributed by atoms with Gasteiger partial charge in [-0.25, -0.2) is 0 Å². The van der Waals surface area contributed by atoms with Crippen molar-refractivity contribution in [3.05, 3.63) is 23.8 Å². The highest BCUT2D eigenvalue weighted by molar-refractivity contribution is 5.95. The zero-order chi connectivity index (χ0) is 13.9. The van der Waals surface area contributed by atoms with Crippen LogP contribution in [-0.4, -0.2) is 28.3 Å². The topological polar surface area (TPSA) is 69.6 Å². The van der Waals surface area contributed by atoms with Gasteiger partial charge in [-0.2, -0.15) is 13.2 Å². The predicted molar refractivity (Wildman–Crippen MR) is 57.4 cm³/mol. The Balaban J connectivity index is 2.70. The fourth-order valence-corrected chi connectivity index (χ4v) is 1.43. The summed E-state index contributed by atoms with van der Waals surface area (Å²) in [7, 11) is 0. The molecule has 0 fully saturated rings. The molecule has 3 N–H and O–H groups in total. The second-order valence-electron chi connectivity index (χ2n) is 3.93.